The molecule has 3 aromatic rings. The minimum atomic E-state index is -0.163. The Morgan fingerprint density at radius 2 is 1.42 bits per heavy atom. The summed E-state index contributed by atoms with van der Waals surface area (Å²) in [5.74, 6) is 7.41. The van der Waals surface area contributed by atoms with Gasteiger partial charge in [-0.15, -0.1) is 0 Å². The van der Waals surface area contributed by atoms with Crippen LogP contribution in [0.25, 0.3) is 0 Å². The monoisotopic (exact) mass is 313 g/mol. The Morgan fingerprint density at radius 3 is 2.12 bits per heavy atom. The molecule has 118 valence electrons. The summed E-state index contributed by atoms with van der Waals surface area (Å²) in [5.41, 5.74) is 3.04. The van der Waals surface area contributed by atoms with Gasteiger partial charge >= 0.3 is 0 Å². The third-order valence-corrected chi connectivity index (χ3v) is 3.67. The van der Waals surface area contributed by atoms with Gasteiger partial charge in [0.05, 0.1) is 7.11 Å². The topological polar surface area (TPSA) is 21.3 Å². The Kier molecular flexibility index (Phi) is 5.17. The average molecular weight is 313 g/mol. The van der Waals surface area contributed by atoms with Gasteiger partial charge in [0.2, 0.25) is 0 Å². The van der Waals surface area contributed by atoms with E-state index in [1.807, 2.05) is 84.9 Å². The van der Waals surface area contributed by atoms with Crippen molar-refractivity contribution in [2.24, 2.45) is 0 Å². The van der Waals surface area contributed by atoms with Crippen LogP contribution in [0.4, 0.5) is 5.69 Å². The summed E-state index contributed by atoms with van der Waals surface area (Å²) >= 11 is 0. The van der Waals surface area contributed by atoms with Gasteiger partial charge < -0.3 is 10.1 Å². The van der Waals surface area contributed by atoms with Gasteiger partial charge in [0, 0.05) is 16.8 Å². The number of nitrogens with one attached hydrogen (secondary N) is 1. The molecule has 0 heterocycles. The van der Waals surface area contributed by atoms with Gasteiger partial charge in [-0.3, -0.25) is 0 Å². The minimum Gasteiger partial charge on any atom is -0.496 e. The van der Waals surface area contributed by atoms with E-state index in [1.165, 1.54) is 0 Å². The van der Waals surface area contributed by atoms with E-state index >= 15 is 0 Å². The van der Waals surface area contributed by atoms with E-state index in [9.17, 15) is 0 Å². The van der Waals surface area contributed by atoms with Crippen molar-refractivity contribution in [3.63, 3.8) is 0 Å². The molecule has 24 heavy (non-hydrogen) atoms. The first-order chi connectivity index (χ1) is 11.9. The molecular weight excluding hydrogens is 294 g/mol. The Hall–Kier alpha value is -3.18. The number of hydrogen-bond donors (Lipinski definition) is 1. The molecule has 1 N–H and O–H groups in total. The van der Waals surface area contributed by atoms with E-state index in [4.69, 9.17) is 4.74 Å². The molecule has 0 bridgehead atoms. The van der Waals surface area contributed by atoms with Crippen LogP contribution in [0.5, 0.6) is 5.75 Å². The van der Waals surface area contributed by atoms with Crippen molar-refractivity contribution in [1.82, 2.24) is 0 Å². The third kappa shape index (κ3) is 3.97. The SMILES string of the molecule is COc1ccccc1[C@@H](C#Cc1ccccc1)Nc1ccccc1. The lowest BCUT2D eigenvalue weighted by Gasteiger charge is -2.17. The largest absolute Gasteiger partial charge is 0.496 e. The number of methoxy groups -OCH3 is 1. The highest BCUT2D eigenvalue weighted by atomic mass is 16.5. The zero-order valence-electron chi connectivity index (χ0n) is 13.6. The van der Waals surface area contributed by atoms with Crippen molar-refractivity contribution in [2.75, 3.05) is 12.4 Å². The summed E-state index contributed by atoms with van der Waals surface area (Å²) in [4.78, 5) is 0. The molecule has 0 spiro atoms. The molecule has 0 unspecified atom stereocenters. The highest BCUT2D eigenvalue weighted by Crippen LogP contribution is 2.27. The number of para-hydroxylation sites is 2. The van der Waals surface area contributed by atoms with Gasteiger partial charge in [-0.25, -0.2) is 0 Å². The maximum absolute atomic E-state index is 5.51. The van der Waals surface area contributed by atoms with Crippen LogP contribution in [0.15, 0.2) is 84.9 Å². The first-order valence-electron chi connectivity index (χ1n) is 7.88. The second kappa shape index (κ2) is 7.89. The molecule has 0 amide bonds. The highest BCUT2D eigenvalue weighted by Gasteiger charge is 2.13. The molecule has 0 aliphatic rings. The number of anilines is 1. The molecule has 0 fully saturated rings. The van der Waals surface area contributed by atoms with Crippen molar-refractivity contribution < 1.29 is 4.74 Å². The van der Waals surface area contributed by atoms with Crippen LogP contribution in [0, 0.1) is 11.8 Å². The molecular formula is C22H19NO. The summed E-state index contributed by atoms with van der Waals surface area (Å²) < 4.78 is 5.51. The third-order valence-electron chi connectivity index (χ3n) is 3.67. The summed E-state index contributed by atoms with van der Waals surface area (Å²) in [5, 5.41) is 3.49. The van der Waals surface area contributed by atoms with Crippen LogP contribution < -0.4 is 10.1 Å². The predicted octanol–water partition coefficient (Wildman–Crippen LogP) is 4.90. The first kappa shape index (κ1) is 15.7. The molecule has 0 saturated carbocycles. The highest BCUT2D eigenvalue weighted by molar-refractivity contribution is 5.52. The van der Waals surface area contributed by atoms with E-state index < -0.39 is 0 Å². The molecule has 2 heteroatoms. The first-order valence-corrected chi connectivity index (χ1v) is 7.88. The van der Waals surface area contributed by atoms with E-state index in [1.54, 1.807) is 7.11 Å². The van der Waals surface area contributed by atoms with Crippen molar-refractivity contribution in [3.05, 3.63) is 96.1 Å². The Labute approximate surface area is 143 Å². The molecule has 0 radical (unpaired) electrons. The van der Waals surface area contributed by atoms with Crippen LogP contribution in [0.2, 0.25) is 0 Å². The fourth-order valence-corrected chi connectivity index (χ4v) is 2.47. The van der Waals surface area contributed by atoms with E-state index in [0.717, 1.165) is 22.6 Å². The molecule has 0 saturated heterocycles. The van der Waals surface area contributed by atoms with Gasteiger partial charge in [0.15, 0.2) is 0 Å². The molecule has 3 rings (SSSR count). The molecule has 0 aliphatic carbocycles. The normalized spacial score (nSPS) is 11.0. The average Bonchev–Trinajstić information content (AvgIpc) is 2.67. The number of hydrogen-bond acceptors (Lipinski definition) is 2. The zero-order chi connectivity index (χ0) is 16.6. The van der Waals surface area contributed by atoms with Gasteiger partial charge in [-0.2, -0.15) is 0 Å². The van der Waals surface area contributed by atoms with Crippen molar-refractivity contribution in [3.8, 4) is 17.6 Å². The van der Waals surface area contributed by atoms with Crippen molar-refractivity contribution in [1.29, 1.82) is 0 Å². The van der Waals surface area contributed by atoms with Crippen LogP contribution in [0.3, 0.4) is 0 Å². The van der Waals surface area contributed by atoms with Crippen molar-refractivity contribution in [2.45, 2.75) is 6.04 Å². The fraction of sp³-hybridized carbons (Fsp3) is 0.0909. The zero-order valence-corrected chi connectivity index (χ0v) is 13.6. The van der Waals surface area contributed by atoms with Gasteiger partial charge in [-0.05, 0) is 30.3 Å². The quantitative estimate of drug-likeness (QED) is 0.692. The van der Waals surface area contributed by atoms with Gasteiger partial charge in [0.1, 0.15) is 11.8 Å². The summed E-state index contributed by atoms with van der Waals surface area (Å²) in [6, 6.07) is 27.9. The molecule has 0 aromatic heterocycles. The van der Waals surface area contributed by atoms with E-state index in [0.29, 0.717) is 0 Å². The van der Waals surface area contributed by atoms with E-state index in [2.05, 4.69) is 17.2 Å². The standard InChI is InChI=1S/C22H19NO/c1-24-22-15-9-8-14-20(22)21(23-19-12-6-3-7-13-19)17-16-18-10-4-2-5-11-18/h2-15,21,23H,1H3/t21-/m1/s1. The smallest absolute Gasteiger partial charge is 0.125 e. The Morgan fingerprint density at radius 1 is 0.792 bits per heavy atom. The Balaban J connectivity index is 1.96. The van der Waals surface area contributed by atoms with Crippen LogP contribution in [-0.4, -0.2) is 7.11 Å². The maximum atomic E-state index is 5.51. The van der Waals surface area contributed by atoms with Crippen LogP contribution in [0.1, 0.15) is 17.2 Å². The number of benzene rings is 3. The lowest BCUT2D eigenvalue weighted by molar-refractivity contribution is 0.409. The second-order valence-corrected chi connectivity index (χ2v) is 5.32. The van der Waals surface area contributed by atoms with E-state index in [-0.39, 0.29) is 6.04 Å². The van der Waals surface area contributed by atoms with Gasteiger partial charge in [-0.1, -0.05) is 66.4 Å². The van der Waals surface area contributed by atoms with Gasteiger partial charge in [0.25, 0.3) is 0 Å². The molecule has 0 aliphatic heterocycles. The lowest BCUT2D eigenvalue weighted by Crippen LogP contribution is -2.10. The summed E-state index contributed by atoms with van der Waals surface area (Å²) in [7, 11) is 1.68. The second-order valence-electron chi connectivity index (χ2n) is 5.32. The Bertz CT molecular complexity index is 832. The van der Waals surface area contributed by atoms with Crippen LogP contribution >= 0.6 is 0 Å². The summed E-state index contributed by atoms with van der Waals surface area (Å²) in [6.45, 7) is 0. The summed E-state index contributed by atoms with van der Waals surface area (Å²) in [6.07, 6.45) is 0. The van der Waals surface area contributed by atoms with Crippen molar-refractivity contribution >= 4 is 5.69 Å². The maximum Gasteiger partial charge on any atom is 0.125 e. The lowest BCUT2D eigenvalue weighted by atomic mass is 10.0. The predicted molar refractivity (Wildman–Crippen MR) is 99.1 cm³/mol. The molecule has 3 aromatic carbocycles. The molecule has 2 nitrogen and oxygen atoms in total. The van der Waals surface area contributed by atoms with Crippen LogP contribution in [-0.2, 0) is 0 Å². The number of rotatable bonds is 4. The number of ether oxygens (including phenoxy) is 1. The molecule has 1 atom stereocenters. The fourth-order valence-electron chi connectivity index (χ4n) is 2.47. The minimum absolute atomic E-state index is 0.163.